The first-order valence-corrected chi connectivity index (χ1v) is 15.3. The molecular weight excluding hydrogens is 472 g/mol. The molecule has 7 heteroatoms. The summed E-state index contributed by atoms with van der Waals surface area (Å²) in [6, 6.07) is 0. The molecule has 0 amide bonds. The Bertz CT molecular complexity index is 886. The largest absolute Gasteiger partial charge is 0.338 e. The van der Waals surface area contributed by atoms with Crippen LogP contribution in [0, 0.1) is 47.3 Å². The van der Waals surface area contributed by atoms with Crippen molar-refractivity contribution in [1.29, 1.82) is 0 Å². The molecule has 0 aromatic carbocycles. The highest BCUT2D eigenvalue weighted by Gasteiger charge is 2.74. The molecule has 0 N–H and O–H groups in total. The van der Waals surface area contributed by atoms with Crippen LogP contribution in [-0.4, -0.2) is 47.9 Å². The van der Waals surface area contributed by atoms with Crippen LogP contribution < -0.4 is 0 Å². The first-order valence-electron chi connectivity index (χ1n) is 15.3. The van der Waals surface area contributed by atoms with Crippen molar-refractivity contribution in [3.05, 3.63) is 0 Å². The minimum absolute atomic E-state index is 0.193. The third-order valence-corrected chi connectivity index (χ3v) is 12.5. The van der Waals surface area contributed by atoms with E-state index in [1.165, 1.54) is 12.8 Å². The Morgan fingerprint density at radius 1 is 0.568 bits per heavy atom. The number of hydrogen-bond acceptors (Lipinski definition) is 7. The zero-order valence-corrected chi connectivity index (χ0v) is 23.4. The number of hydrogen-bond donors (Lipinski definition) is 0. The average Bonchev–Trinajstić information content (AvgIpc) is 3.20. The predicted octanol–water partition coefficient (Wildman–Crippen LogP) is 5.56. The van der Waals surface area contributed by atoms with Crippen molar-refractivity contribution in [2.75, 3.05) is 0 Å². The van der Waals surface area contributed by atoms with Crippen molar-refractivity contribution in [1.82, 2.24) is 0 Å². The minimum atomic E-state index is -0.554. The Labute approximate surface area is 221 Å². The highest BCUT2D eigenvalue weighted by molar-refractivity contribution is 5.14. The fourth-order valence-corrected chi connectivity index (χ4v) is 10.7. The molecule has 8 rings (SSSR count). The lowest BCUT2D eigenvalue weighted by Gasteiger charge is -2.60. The van der Waals surface area contributed by atoms with Crippen LogP contribution in [0.25, 0.3) is 0 Å². The van der Waals surface area contributed by atoms with Gasteiger partial charge in [0.15, 0.2) is 36.7 Å². The van der Waals surface area contributed by atoms with Gasteiger partial charge in [0.1, 0.15) is 11.2 Å². The van der Waals surface area contributed by atoms with Crippen molar-refractivity contribution in [2.45, 2.75) is 141 Å². The van der Waals surface area contributed by atoms with Crippen LogP contribution in [0.5, 0.6) is 0 Å². The second-order valence-electron chi connectivity index (χ2n) is 14.6. The van der Waals surface area contributed by atoms with Gasteiger partial charge in [-0.25, -0.2) is 0 Å². The van der Waals surface area contributed by atoms with Gasteiger partial charge in [-0.1, -0.05) is 27.7 Å². The van der Waals surface area contributed by atoms with Gasteiger partial charge in [0.05, 0.1) is 0 Å². The van der Waals surface area contributed by atoms with Gasteiger partial charge in [0, 0.05) is 36.5 Å². The number of ether oxygens (including phenoxy) is 7. The predicted molar refractivity (Wildman–Crippen MR) is 133 cm³/mol. The van der Waals surface area contributed by atoms with Gasteiger partial charge >= 0.3 is 0 Å². The van der Waals surface area contributed by atoms with Gasteiger partial charge in [-0.15, -0.1) is 0 Å². The van der Waals surface area contributed by atoms with Crippen LogP contribution in [0.2, 0.25) is 0 Å². The highest BCUT2D eigenvalue weighted by Crippen LogP contribution is 2.66. The first-order chi connectivity index (χ1) is 17.6. The van der Waals surface area contributed by atoms with Crippen molar-refractivity contribution >= 4 is 0 Å². The second kappa shape index (κ2) is 7.71. The Kier molecular flexibility index (Phi) is 5.11. The molecule has 2 aliphatic carbocycles. The third kappa shape index (κ3) is 3.03. The molecule has 6 saturated heterocycles. The molecule has 16 atom stereocenters. The molecule has 0 aromatic rings. The summed E-state index contributed by atoms with van der Waals surface area (Å²) < 4.78 is 47.1. The normalized spacial score (nSPS) is 65.7. The van der Waals surface area contributed by atoms with E-state index in [9.17, 15) is 0 Å². The van der Waals surface area contributed by atoms with Crippen LogP contribution in [0.4, 0.5) is 0 Å². The van der Waals surface area contributed by atoms with Gasteiger partial charge in [0.25, 0.3) is 0 Å². The maximum absolute atomic E-state index is 6.85. The minimum Gasteiger partial charge on any atom is -0.338 e. The van der Waals surface area contributed by atoms with Crippen LogP contribution in [-0.2, 0) is 33.2 Å². The van der Waals surface area contributed by atoms with E-state index in [0.29, 0.717) is 35.5 Å². The van der Waals surface area contributed by atoms with Crippen molar-refractivity contribution in [3.8, 4) is 0 Å². The summed E-state index contributed by atoms with van der Waals surface area (Å²) in [4.78, 5) is 0. The summed E-state index contributed by atoms with van der Waals surface area (Å²) in [7, 11) is 0. The molecule has 4 bridgehead atoms. The van der Waals surface area contributed by atoms with Crippen molar-refractivity contribution in [3.63, 3.8) is 0 Å². The SMILES string of the molecule is C[C@H]1[C@H](O[C@H]2O[C@@H]3O[C@@]4(C)CC[C@H]5[C@H](C)CC[C@H]([C@H]2C)[C@@]35O4)O[C@@H]2O[C@@]3(C)CC[C@H]4[C@H](C)CC[C@H]1[C@@]24O3. The molecule has 208 valence electrons. The molecule has 7 nitrogen and oxygen atoms in total. The average molecular weight is 519 g/mol. The van der Waals surface area contributed by atoms with Gasteiger partial charge in [-0.05, 0) is 76.0 Å². The van der Waals surface area contributed by atoms with E-state index in [4.69, 9.17) is 33.2 Å². The first kappa shape index (κ1) is 24.5. The van der Waals surface area contributed by atoms with E-state index in [1.807, 2.05) is 0 Å². The Hall–Kier alpha value is -0.280. The van der Waals surface area contributed by atoms with E-state index < -0.39 is 24.2 Å². The van der Waals surface area contributed by atoms with Crippen LogP contribution in [0.15, 0.2) is 0 Å². The third-order valence-electron chi connectivity index (χ3n) is 12.5. The summed E-state index contributed by atoms with van der Waals surface area (Å²) in [5, 5.41) is 0. The summed E-state index contributed by atoms with van der Waals surface area (Å²) in [5.41, 5.74) is -0.707. The summed E-state index contributed by atoms with van der Waals surface area (Å²) >= 11 is 0. The smallest absolute Gasteiger partial charge is 0.193 e. The van der Waals surface area contributed by atoms with Crippen LogP contribution in [0.1, 0.15) is 92.9 Å². The summed E-state index contributed by atoms with van der Waals surface area (Å²) in [5.74, 6) is 2.19. The van der Waals surface area contributed by atoms with Crippen LogP contribution >= 0.6 is 0 Å². The monoisotopic (exact) mass is 518 g/mol. The van der Waals surface area contributed by atoms with E-state index >= 15 is 0 Å². The zero-order chi connectivity index (χ0) is 25.5. The van der Waals surface area contributed by atoms with E-state index in [0.717, 1.165) is 38.5 Å². The van der Waals surface area contributed by atoms with Gasteiger partial charge in [-0.3, -0.25) is 0 Å². The highest BCUT2D eigenvalue weighted by atomic mass is 16.9. The molecule has 8 fully saturated rings. The van der Waals surface area contributed by atoms with Crippen LogP contribution in [0.3, 0.4) is 0 Å². The molecule has 0 unspecified atom stereocenters. The maximum atomic E-state index is 6.85. The molecule has 0 radical (unpaired) electrons. The summed E-state index contributed by atoms with van der Waals surface area (Å²) in [6.45, 7) is 13.5. The summed E-state index contributed by atoms with van der Waals surface area (Å²) in [6.07, 6.45) is 7.33. The molecule has 2 saturated carbocycles. The topological polar surface area (TPSA) is 64.6 Å². The van der Waals surface area contributed by atoms with Gasteiger partial charge < -0.3 is 33.2 Å². The molecular formula is C30H46O7. The van der Waals surface area contributed by atoms with E-state index in [1.54, 1.807) is 0 Å². The fraction of sp³-hybridized carbons (Fsp3) is 1.00. The van der Waals surface area contributed by atoms with E-state index in [2.05, 4.69) is 41.5 Å². The lowest BCUT2D eigenvalue weighted by molar-refractivity contribution is -0.402. The second-order valence-corrected chi connectivity index (χ2v) is 14.6. The van der Waals surface area contributed by atoms with E-state index in [-0.39, 0.29) is 35.6 Å². The lowest BCUT2D eigenvalue weighted by atomic mass is 9.57. The Morgan fingerprint density at radius 2 is 1.00 bits per heavy atom. The number of fused-ring (bicyclic) bond motifs is 2. The Morgan fingerprint density at radius 3 is 1.43 bits per heavy atom. The molecule has 2 spiro atoms. The molecule has 37 heavy (non-hydrogen) atoms. The maximum Gasteiger partial charge on any atom is 0.193 e. The standard InChI is InChI=1S/C30H46O7/c1-15-7-9-21-17(3)23(32-25-29(21)19(15)11-13-27(5,34-25)36-29)31-24-18(4)22-10-8-16(2)20-12-14-28(6)35-26(33-24)30(20,22)37-28/h15-26H,7-14H2,1-6H3/t15-,16-,17-,18-,19+,20+,21-,22-,23-,24+,25-,26-,27-,28-,29-,30-/m1/s1. The van der Waals surface area contributed by atoms with Gasteiger partial charge in [0.2, 0.25) is 0 Å². The molecule has 6 heterocycles. The Balaban J connectivity index is 1.08. The zero-order valence-electron chi connectivity index (χ0n) is 23.4. The number of rotatable bonds is 2. The van der Waals surface area contributed by atoms with Gasteiger partial charge in [-0.2, -0.15) is 0 Å². The molecule has 6 aliphatic heterocycles. The molecule has 8 aliphatic rings. The molecule has 0 aromatic heterocycles. The van der Waals surface area contributed by atoms with Crippen molar-refractivity contribution < 1.29 is 33.2 Å². The van der Waals surface area contributed by atoms with Crippen molar-refractivity contribution in [2.24, 2.45) is 47.3 Å². The lowest BCUT2D eigenvalue weighted by Crippen LogP contribution is -2.68. The quantitative estimate of drug-likeness (QED) is 0.474. The fourth-order valence-electron chi connectivity index (χ4n) is 10.7.